The number of nitrogens with zero attached hydrogens (tertiary/aromatic N) is 3. The highest BCUT2D eigenvalue weighted by molar-refractivity contribution is 6.08. The summed E-state index contributed by atoms with van der Waals surface area (Å²) in [4.78, 5) is 24.1. The average Bonchev–Trinajstić information content (AvgIpc) is 3.37. The minimum Gasteiger partial charge on any atom is -0.481 e. The maximum absolute atomic E-state index is 12.3. The second-order valence-electron chi connectivity index (χ2n) is 9.43. The summed E-state index contributed by atoms with van der Waals surface area (Å²) in [5.41, 5.74) is 9.95. The zero-order chi connectivity index (χ0) is 26.5. The van der Waals surface area contributed by atoms with E-state index in [0.29, 0.717) is 30.4 Å². The highest BCUT2D eigenvalue weighted by Gasteiger charge is 2.26. The summed E-state index contributed by atoms with van der Waals surface area (Å²) in [6.45, 7) is 6.48. The number of carbonyl (C=O) groups excluding carboxylic acids is 1. The van der Waals surface area contributed by atoms with E-state index in [0.717, 1.165) is 34.7 Å². The van der Waals surface area contributed by atoms with E-state index in [4.69, 9.17) is 30.6 Å². The molecule has 194 valence electrons. The van der Waals surface area contributed by atoms with Gasteiger partial charge in [-0.3, -0.25) is 4.79 Å². The molecule has 0 fully saturated rings. The third kappa shape index (κ3) is 5.89. The standard InChI is InChI=1S/C28H34N6O3/c1-17(2)31-28(35)18(3)37-23-7-5-6-20(12-23)26-32-25-16-36-15-24(25)27(33-26)34(4)22-10-8-19(9-11-22)21(13-29)14-30/h5,7-14,17-18,20,29H,6,15-16,30H2,1-4H3,(H,31,35)/b21-14+,29-13?. The number of ether oxygens (including phenoxy) is 2. The molecule has 1 amide bonds. The molecule has 2 aliphatic rings. The number of carbonyl (C=O) groups is 1. The van der Waals surface area contributed by atoms with Gasteiger partial charge in [-0.25, -0.2) is 9.97 Å². The molecule has 1 aromatic carbocycles. The quantitative estimate of drug-likeness (QED) is 0.441. The van der Waals surface area contributed by atoms with Crippen molar-refractivity contribution in [1.29, 1.82) is 5.41 Å². The van der Waals surface area contributed by atoms with Crippen LogP contribution in [0.1, 0.15) is 55.8 Å². The highest BCUT2D eigenvalue weighted by Crippen LogP contribution is 2.35. The smallest absolute Gasteiger partial charge is 0.260 e. The number of fused-ring (bicyclic) bond motifs is 1. The maximum Gasteiger partial charge on any atom is 0.260 e. The fourth-order valence-corrected chi connectivity index (χ4v) is 4.29. The third-order valence-electron chi connectivity index (χ3n) is 6.30. The van der Waals surface area contributed by atoms with Gasteiger partial charge in [-0.1, -0.05) is 18.2 Å². The van der Waals surface area contributed by atoms with Crippen molar-refractivity contribution >= 4 is 29.2 Å². The van der Waals surface area contributed by atoms with Gasteiger partial charge in [0.2, 0.25) is 0 Å². The van der Waals surface area contributed by atoms with Gasteiger partial charge in [0, 0.05) is 48.2 Å². The minimum atomic E-state index is -0.613. The van der Waals surface area contributed by atoms with Gasteiger partial charge < -0.3 is 30.8 Å². The Morgan fingerprint density at radius 3 is 2.68 bits per heavy atom. The largest absolute Gasteiger partial charge is 0.481 e. The SMILES string of the molecule is CC(C)NC(=O)C(C)OC1=CC(c2nc3c(c(N(C)c4ccc(/C(C=N)=C/N)cc4)n2)COC3)CC=C1. The van der Waals surface area contributed by atoms with Gasteiger partial charge in [0.25, 0.3) is 5.91 Å². The molecule has 0 bridgehead atoms. The van der Waals surface area contributed by atoms with Gasteiger partial charge in [-0.2, -0.15) is 0 Å². The van der Waals surface area contributed by atoms with Gasteiger partial charge in [0.05, 0.1) is 18.9 Å². The Morgan fingerprint density at radius 1 is 1.24 bits per heavy atom. The van der Waals surface area contributed by atoms with Crippen molar-refractivity contribution in [2.45, 2.75) is 58.5 Å². The number of amides is 1. The minimum absolute atomic E-state index is 0.0472. The van der Waals surface area contributed by atoms with Crippen LogP contribution in [0.15, 0.2) is 54.5 Å². The summed E-state index contributed by atoms with van der Waals surface area (Å²) in [5, 5.41) is 10.4. The molecule has 0 saturated carbocycles. The van der Waals surface area contributed by atoms with Crippen LogP contribution >= 0.6 is 0 Å². The molecule has 1 aliphatic heterocycles. The predicted octanol–water partition coefficient (Wildman–Crippen LogP) is 4.08. The summed E-state index contributed by atoms with van der Waals surface area (Å²) >= 11 is 0. The number of nitrogens with one attached hydrogen (secondary N) is 2. The first-order valence-electron chi connectivity index (χ1n) is 12.4. The van der Waals surface area contributed by atoms with Crippen molar-refractivity contribution in [3.05, 3.63) is 77.1 Å². The van der Waals surface area contributed by atoms with Gasteiger partial charge in [-0.05, 0) is 57.0 Å². The topological polar surface area (TPSA) is 126 Å². The lowest BCUT2D eigenvalue weighted by molar-refractivity contribution is -0.129. The lowest BCUT2D eigenvalue weighted by Gasteiger charge is -2.24. The molecule has 2 aromatic rings. The number of aromatic nitrogens is 2. The molecule has 2 atom stereocenters. The molecule has 4 N–H and O–H groups in total. The van der Waals surface area contributed by atoms with E-state index >= 15 is 0 Å². The van der Waals surface area contributed by atoms with Gasteiger partial charge in [0.15, 0.2) is 6.10 Å². The van der Waals surface area contributed by atoms with Gasteiger partial charge in [0.1, 0.15) is 17.4 Å². The Labute approximate surface area is 217 Å². The molecule has 2 unspecified atom stereocenters. The number of allylic oxidation sites excluding steroid dienone is 4. The number of benzene rings is 1. The van der Waals surface area contributed by atoms with Crippen LogP contribution in [0.2, 0.25) is 0 Å². The third-order valence-corrected chi connectivity index (χ3v) is 6.30. The van der Waals surface area contributed by atoms with Crippen LogP contribution in [0.25, 0.3) is 5.57 Å². The second-order valence-corrected chi connectivity index (χ2v) is 9.43. The molecule has 0 spiro atoms. The summed E-state index contributed by atoms with van der Waals surface area (Å²) in [5.74, 6) is 1.86. The summed E-state index contributed by atoms with van der Waals surface area (Å²) < 4.78 is 11.7. The lowest BCUT2D eigenvalue weighted by atomic mass is 9.98. The molecule has 1 aromatic heterocycles. The predicted molar refractivity (Wildman–Crippen MR) is 144 cm³/mol. The van der Waals surface area contributed by atoms with Crippen molar-refractivity contribution in [1.82, 2.24) is 15.3 Å². The van der Waals surface area contributed by atoms with E-state index in [2.05, 4.69) is 5.32 Å². The van der Waals surface area contributed by atoms with Gasteiger partial charge in [-0.15, -0.1) is 0 Å². The number of rotatable bonds is 9. The zero-order valence-electron chi connectivity index (χ0n) is 21.7. The summed E-state index contributed by atoms with van der Waals surface area (Å²) in [6, 6.07) is 7.87. The first kappa shape index (κ1) is 26.1. The van der Waals surface area contributed by atoms with E-state index < -0.39 is 6.10 Å². The Balaban J connectivity index is 1.60. The number of hydrogen-bond acceptors (Lipinski definition) is 8. The first-order valence-corrected chi connectivity index (χ1v) is 12.4. The summed E-state index contributed by atoms with van der Waals surface area (Å²) in [6.07, 6.45) is 8.67. The molecular weight excluding hydrogens is 468 g/mol. The van der Waals surface area contributed by atoms with Crippen LogP contribution in [0.5, 0.6) is 0 Å². The summed E-state index contributed by atoms with van der Waals surface area (Å²) in [7, 11) is 1.97. The maximum atomic E-state index is 12.3. The molecule has 0 saturated heterocycles. The molecule has 1 aliphatic carbocycles. The molecule has 9 heteroatoms. The fraction of sp³-hybridized carbons (Fsp3) is 0.357. The average molecular weight is 503 g/mol. The van der Waals surface area contributed by atoms with Crippen LogP contribution in [-0.2, 0) is 27.5 Å². The van der Waals surface area contributed by atoms with Crippen LogP contribution in [0, 0.1) is 5.41 Å². The van der Waals surface area contributed by atoms with Crippen LogP contribution in [-0.4, -0.2) is 41.3 Å². The normalized spacial score (nSPS) is 17.7. The molecular formula is C28H34N6O3. The first-order chi connectivity index (χ1) is 17.8. The number of nitrogens with two attached hydrogens (primary N) is 1. The van der Waals surface area contributed by atoms with Crippen molar-refractivity contribution in [3.8, 4) is 0 Å². The van der Waals surface area contributed by atoms with Gasteiger partial charge >= 0.3 is 0 Å². The van der Waals surface area contributed by atoms with E-state index in [1.54, 1.807) is 6.92 Å². The van der Waals surface area contributed by atoms with Crippen molar-refractivity contribution in [2.24, 2.45) is 5.73 Å². The molecule has 37 heavy (non-hydrogen) atoms. The van der Waals surface area contributed by atoms with Crippen LogP contribution < -0.4 is 16.0 Å². The monoisotopic (exact) mass is 502 g/mol. The molecule has 9 nitrogen and oxygen atoms in total. The van der Waals surface area contributed by atoms with E-state index in [1.165, 1.54) is 12.4 Å². The van der Waals surface area contributed by atoms with Crippen molar-refractivity contribution in [2.75, 3.05) is 11.9 Å². The highest BCUT2D eigenvalue weighted by atomic mass is 16.5. The molecule has 4 rings (SSSR count). The fourth-order valence-electron chi connectivity index (χ4n) is 4.29. The lowest BCUT2D eigenvalue weighted by Crippen LogP contribution is -2.38. The Kier molecular flexibility index (Phi) is 8.03. The van der Waals surface area contributed by atoms with E-state index in [1.807, 2.05) is 68.3 Å². The second kappa shape index (κ2) is 11.4. The Hall–Kier alpha value is -3.98. The number of anilines is 2. The number of hydrogen-bond donors (Lipinski definition) is 3. The molecule has 2 heterocycles. The molecule has 0 radical (unpaired) electrons. The van der Waals surface area contributed by atoms with E-state index in [9.17, 15) is 4.79 Å². The van der Waals surface area contributed by atoms with E-state index in [-0.39, 0.29) is 17.9 Å². The van der Waals surface area contributed by atoms with Crippen LogP contribution in [0.4, 0.5) is 11.5 Å². The Bertz CT molecular complexity index is 1250. The van der Waals surface area contributed by atoms with Crippen LogP contribution in [0.3, 0.4) is 0 Å². The van der Waals surface area contributed by atoms with Crippen molar-refractivity contribution < 1.29 is 14.3 Å². The Morgan fingerprint density at radius 2 is 2.00 bits per heavy atom. The van der Waals surface area contributed by atoms with Crippen molar-refractivity contribution in [3.63, 3.8) is 0 Å². The zero-order valence-corrected chi connectivity index (χ0v) is 21.7.